The summed E-state index contributed by atoms with van der Waals surface area (Å²) in [6.07, 6.45) is -4.79. The van der Waals surface area contributed by atoms with Gasteiger partial charge in [0.25, 0.3) is 5.91 Å². The van der Waals surface area contributed by atoms with Gasteiger partial charge in [0, 0.05) is 11.8 Å². The van der Waals surface area contributed by atoms with Gasteiger partial charge in [-0.05, 0) is 56.4 Å². The summed E-state index contributed by atoms with van der Waals surface area (Å²) < 4.78 is 59.2. The van der Waals surface area contributed by atoms with E-state index >= 15 is 0 Å². The number of hydrogen-bond donors (Lipinski definition) is 0. The number of carbonyl (C=O) groups excluding carboxylic acids is 1. The van der Waals surface area contributed by atoms with Gasteiger partial charge >= 0.3 is 6.18 Å². The summed E-state index contributed by atoms with van der Waals surface area (Å²) in [7, 11) is 1.30. The lowest BCUT2D eigenvalue weighted by Crippen LogP contribution is -2.44. The van der Waals surface area contributed by atoms with Crippen LogP contribution >= 0.6 is 12.2 Å². The SMILES string of the molecule is COc1ccc(N2C(=S)N(c3ccc(C#N)c(C(F)(F)F)c3)C(=O)C2(C)C)cc1F. The van der Waals surface area contributed by atoms with E-state index in [0.717, 1.165) is 17.0 Å². The molecule has 0 radical (unpaired) electrons. The molecular weight excluding hydrogens is 422 g/mol. The molecule has 0 aliphatic carbocycles. The number of anilines is 2. The lowest BCUT2D eigenvalue weighted by molar-refractivity contribution is -0.137. The van der Waals surface area contributed by atoms with Crippen LogP contribution in [-0.2, 0) is 11.0 Å². The van der Waals surface area contributed by atoms with Gasteiger partial charge in [0.1, 0.15) is 5.54 Å². The van der Waals surface area contributed by atoms with Crippen molar-refractivity contribution >= 4 is 34.6 Å². The molecule has 0 saturated carbocycles. The summed E-state index contributed by atoms with van der Waals surface area (Å²) in [5.41, 5.74) is -2.95. The van der Waals surface area contributed by atoms with E-state index in [1.165, 1.54) is 50.1 Å². The number of carbonyl (C=O) groups is 1. The fourth-order valence-electron chi connectivity index (χ4n) is 3.25. The number of methoxy groups -OCH3 is 1. The van der Waals surface area contributed by atoms with Gasteiger partial charge in [0.2, 0.25) is 0 Å². The van der Waals surface area contributed by atoms with Crippen molar-refractivity contribution in [3.63, 3.8) is 0 Å². The summed E-state index contributed by atoms with van der Waals surface area (Å²) in [6.45, 7) is 3.05. The molecule has 2 aromatic carbocycles. The molecule has 0 atom stereocenters. The third-order valence-corrected chi connectivity index (χ3v) is 5.11. The minimum atomic E-state index is -4.79. The van der Waals surface area contributed by atoms with E-state index in [1.807, 2.05) is 0 Å². The number of rotatable bonds is 3. The molecule has 1 heterocycles. The van der Waals surface area contributed by atoms with E-state index in [2.05, 4.69) is 0 Å². The molecule has 0 aromatic heterocycles. The number of nitrogens with zero attached hydrogens (tertiary/aromatic N) is 3. The second-order valence-corrected chi connectivity index (χ2v) is 7.34. The second-order valence-electron chi connectivity index (χ2n) is 6.98. The van der Waals surface area contributed by atoms with E-state index in [4.69, 9.17) is 22.2 Å². The van der Waals surface area contributed by atoms with Gasteiger partial charge in [-0.2, -0.15) is 18.4 Å². The maximum absolute atomic E-state index is 14.2. The first-order valence-electron chi connectivity index (χ1n) is 8.57. The maximum atomic E-state index is 14.2. The lowest BCUT2D eigenvalue weighted by atomic mass is 10.0. The molecule has 5 nitrogen and oxygen atoms in total. The maximum Gasteiger partial charge on any atom is 0.417 e. The van der Waals surface area contributed by atoms with Crippen molar-refractivity contribution in [3.05, 3.63) is 53.3 Å². The number of thiocarbonyl (C=S) groups is 1. The average Bonchev–Trinajstić information content (AvgIpc) is 2.85. The molecule has 1 aliphatic rings. The minimum Gasteiger partial charge on any atom is -0.494 e. The average molecular weight is 437 g/mol. The highest BCUT2D eigenvalue weighted by atomic mass is 32.1. The van der Waals surface area contributed by atoms with Gasteiger partial charge in [0.15, 0.2) is 16.7 Å². The van der Waals surface area contributed by atoms with Crippen molar-refractivity contribution in [1.29, 1.82) is 5.26 Å². The highest BCUT2D eigenvalue weighted by molar-refractivity contribution is 7.81. The van der Waals surface area contributed by atoms with Gasteiger partial charge in [-0.3, -0.25) is 9.69 Å². The number of nitriles is 1. The zero-order valence-corrected chi connectivity index (χ0v) is 16.9. The van der Waals surface area contributed by atoms with E-state index in [9.17, 15) is 22.4 Å². The molecule has 10 heteroatoms. The zero-order chi connectivity index (χ0) is 22.4. The summed E-state index contributed by atoms with van der Waals surface area (Å²) in [6, 6.07) is 8.38. The monoisotopic (exact) mass is 437 g/mol. The first kappa shape index (κ1) is 21.5. The van der Waals surface area contributed by atoms with Crippen LogP contribution in [0.15, 0.2) is 36.4 Å². The molecule has 1 fully saturated rings. The smallest absolute Gasteiger partial charge is 0.417 e. The van der Waals surface area contributed by atoms with E-state index in [0.29, 0.717) is 6.07 Å². The van der Waals surface area contributed by atoms with Crippen LogP contribution in [0.2, 0.25) is 0 Å². The largest absolute Gasteiger partial charge is 0.494 e. The second kappa shape index (κ2) is 7.25. The van der Waals surface area contributed by atoms with E-state index in [-0.39, 0.29) is 22.2 Å². The van der Waals surface area contributed by atoms with Gasteiger partial charge in [-0.1, -0.05) is 0 Å². The summed E-state index contributed by atoms with van der Waals surface area (Å²) in [5.74, 6) is -1.29. The third kappa shape index (κ3) is 3.35. The van der Waals surface area contributed by atoms with Crippen LogP contribution in [0.4, 0.5) is 28.9 Å². The molecule has 1 aliphatic heterocycles. The Morgan fingerprint density at radius 3 is 2.30 bits per heavy atom. The highest BCUT2D eigenvalue weighted by Crippen LogP contribution is 2.40. The van der Waals surface area contributed by atoms with Crippen LogP contribution in [0.1, 0.15) is 25.0 Å². The predicted octanol–water partition coefficient (Wildman–Crippen LogP) is 4.64. The van der Waals surface area contributed by atoms with Crippen molar-refractivity contribution in [2.45, 2.75) is 25.6 Å². The fraction of sp³-hybridized carbons (Fsp3) is 0.250. The Labute approximate surface area is 175 Å². The quantitative estimate of drug-likeness (QED) is 0.517. The van der Waals surface area contributed by atoms with Crippen LogP contribution < -0.4 is 14.5 Å². The van der Waals surface area contributed by atoms with E-state index in [1.54, 1.807) is 0 Å². The predicted molar refractivity (Wildman–Crippen MR) is 106 cm³/mol. The number of ether oxygens (including phenoxy) is 1. The molecular formula is C20H15F4N3O2S. The highest BCUT2D eigenvalue weighted by Gasteiger charge is 2.50. The topological polar surface area (TPSA) is 56.6 Å². The number of alkyl halides is 3. The summed E-state index contributed by atoms with van der Waals surface area (Å²) in [5, 5.41) is 8.86. The molecule has 0 N–H and O–H groups in total. The van der Waals surface area contributed by atoms with Crippen LogP contribution in [0, 0.1) is 17.1 Å². The number of hydrogen-bond acceptors (Lipinski definition) is 4. The van der Waals surface area contributed by atoms with Gasteiger partial charge in [0.05, 0.1) is 30.0 Å². The summed E-state index contributed by atoms with van der Waals surface area (Å²) in [4.78, 5) is 15.4. The number of halogens is 4. The normalized spacial score (nSPS) is 16.1. The van der Waals surface area contributed by atoms with Crippen molar-refractivity contribution in [2.75, 3.05) is 16.9 Å². The first-order chi connectivity index (χ1) is 13.9. The van der Waals surface area contributed by atoms with Gasteiger partial charge in [-0.15, -0.1) is 0 Å². The number of benzene rings is 2. The van der Waals surface area contributed by atoms with Crippen molar-refractivity contribution in [3.8, 4) is 11.8 Å². The Kier molecular flexibility index (Phi) is 5.20. The van der Waals surface area contributed by atoms with Crippen LogP contribution in [0.3, 0.4) is 0 Å². The zero-order valence-electron chi connectivity index (χ0n) is 16.0. The molecule has 156 valence electrons. The van der Waals surface area contributed by atoms with Gasteiger partial charge < -0.3 is 9.64 Å². The molecule has 1 amide bonds. The molecule has 30 heavy (non-hydrogen) atoms. The third-order valence-electron chi connectivity index (χ3n) is 4.75. The molecule has 1 saturated heterocycles. The Balaban J connectivity index is 2.11. The Morgan fingerprint density at radius 1 is 1.13 bits per heavy atom. The Hall–Kier alpha value is -3.19. The standard InChI is InChI=1S/C20H15F4N3O2S/c1-19(2)17(28)26(12-5-4-11(10-25)14(8-12)20(22,23)24)18(30)27(19)13-6-7-16(29-3)15(21)9-13/h4-9H,1-3H3. The van der Waals surface area contributed by atoms with E-state index < -0.39 is 34.6 Å². The minimum absolute atomic E-state index is 0.00762. The lowest BCUT2D eigenvalue weighted by Gasteiger charge is -2.29. The Bertz CT molecular complexity index is 1090. The summed E-state index contributed by atoms with van der Waals surface area (Å²) >= 11 is 5.39. The number of amides is 1. The van der Waals surface area contributed by atoms with Crippen molar-refractivity contribution in [2.24, 2.45) is 0 Å². The molecule has 0 bridgehead atoms. The molecule has 0 spiro atoms. The first-order valence-corrected chi connectivity index (χ1v) is 8.98. The fourth-order valence-corrected chi connectivity index (χ4v) is 3.78. The Morgan fingerprint density at radius 2 is 1.77 bits per heavy atom. The van der Waals surface area contributed by atoms with Crippen molar-refractivity contribution in [1.82, 2.24) is 0 Å². The molecule has 0 unspecified atom stereocenters. The van der Waals surface area contributed by atoms with Crippen molar-refractivity contribution < 1.29 is 27.1 Å². The van der Waals surface area contributed by atoms with Crippen LogP contribution in [-0.4, -0.2) is 23.7 Å². The molecule has 2 aromatic rings. The van der Waals surface area contributed by atoms with Crippen LogP contribution in [0.5, 0.6) is 5.75 Å². The molecule has 3 rings (SSSR count). The van der Waals surface area contributed by atoms with Crippen LogP contribution in [0.25, 0.3) is 0 Å². The van der Waals surface area contributed by atoms with Gasteiger partial charge in [-0.25, -0.2) is 4.39 Å².